The van der Waals surface area contributed by atoms with Gasteiger partial charge in [-0.05, 0) is 49.8 Å². The van der Waals surface area contributed by atoms with Crippen LogP contribution >= 0.6 is 0 Å². The second-order valence-electron chi connectivity index (χ2n) is 5.89. The van der Waals surface area contributed by atoms with Crippen LogP contribution < -0.4 is 5.73 Å². The van der Waals surface area contributed by atoms with Crippen LogP contribution in [0.2, 0.25) is 0 Å². The van der Waals surface area contributed by atoms with E-state index in [4.69, 9.17) is 5.73 Å². The van der Waals surface area contributed by atoms with Gasteiger partial charge in [-0.3, -0.25) is 4.98 Å². The van der Waals surface area contributed by atoms with Crippen LogP contribution in [0.25, 0.3) is 0 Å². The predicted molar refractivity (Wildman–Crippen MR) is 69.3 cm³/mol. The van der Waals surface area contributed by atoms with E-state index in [1.165, 1.54) is 5.56 Å². The zero-order valence-electron chi connectivity index (χ0n) is 11.2. The first-order valence-corrected chi connectivity index (χ1v) is 5.99. The highest BCUT2D eigenvalue weighted by atomic mass is 14.7. The molecule has 2 nitrogen and oxygen atoms in total. The molecule has 90 valence electrons. The minimum absolute atomic E-state index is 0.139. The number of hydrogen-bond donors (Lipinski definition) is 1. The fourth-order valence-corrected chi connectivity index (χ4v) is 1.84. The second kappa shape index (κ2) is 4.96. The highest BCUT2D eigenvalue weighted by molar-refractivity contribution is 5.23. The molecule has 1 atom stereocenters. The van der Waals surface area contributed by atoms with E-state index in [1.807, 2.05) is 13.8 Å². The Bertz CT molecular complexity index is 330. The van der Waals surface area contributed by atoms with Crippen molar-refractivity contribution in [1.29, 1.82) is 0 Å². The maximum Gasteiger partial charge on any atom is 0.0379 e. The molecule has 0 saturated heterocycles. The number of aromatic nitrogens is 1. The van der Waals surface area contributed by atoms with Gasteiger partial charge in [0, 0.05) is 17.4 Å². The summed E-state index contributed by atoms with van der Waals surface area (Å²) in [6.45, 7) is 10.8. The molecule has 0 radical (unpaired) electrons. The molecule has 1 aromatic heterocycles. The molecule has 0 aliphatic carbocycles. The van der Waals surface area contributed by atoms with E-state index in [1.54, 1.807) is 0 Å². The van der Waals surface area contributed by atoms with Crippen LogP contribution in [-0.4, -0.2) is 4.98 Å². The van der Waals surface area contributed by atoms with Gasteiger partial charge in [-0.2, -0.15) is 0 Å². The third-order valence-corrected chi connectivity index (χ3v) is 2.74. The van der Waals surface area contributed by atoms with Gasteiger partial charge in [0.05, 0.1) is 0 Å². The molecule has 0 aromatic carbocycles. The standard InChI is InChI=1S/C14H24N2/c1-10-8-12(9-11(2)16-10)13(15)6-7-14(3,4)5/h8-9,13H,6-7,15H2,1-5H3. The lowest BCUT2D eigenvalue weighted by Gasteiger charge is -2.21. The molecule has 0 fully saturated rings. The van der Waals surface area contributed by atoms with Gasteiger partial charge in [-0.25, -0.2) is 0 Å². The molecule has 0 saturated carbocycles. The van der Waals surface area contributed by atoms with E-state index in [0.717, 1.165) is 24.2 Å². The fraction of sp³-hybridized carbons (Fsp3) is 0.643. The van der Waals surface area contributed by atoms with E-state index in [0.29, 0.717) is 5.41 Å². The van der Waals surface area contributed by atoms with Crippen molar-refractivity contribution in [2.75, 3.05) is 0 Å². The Morgan fingerprint density at radius 1 is 1.19 bits per heavy atom. The Balaban J connectivity index is 2.69. The number of rotatable bonds is 3. The normalized spacial score (nSPS) is 13.9. The lowest BCUT2D eigenvalue weighted by atomic mass is 9.87. The summed E-state index contributed by atoms with van der Waals surface area (Å²) in [7, 11) is 0. The molecular weight excluding hydrogens is 196 g/mol. The van der Waals surface area contributed by atoms with Crippen LogP contribution in [0.4, 0.5) is 0 Å². The van der Waals surface area contributed by atoms with Gasteiger partial charge in [0.15, 0.2) is 0 Å². The Kier molecular flexibility index (Phi) is 4.09. The average Bonchev–Trinajstić information content (AvgIpc) is 2.11. The molecule has 0 bridgehead atoms. The van der Waals surface area contributed by atoms with Crippen molar-refractivity contribution in [3.8, 4) is 0 Å². The Labute approximate surface area is 99.3 Å². The van der Waals surface area contributed by atoms with Crippen LogP contribution in [0, 0.1) is 19.3 Å². The molecule has 1 unspecified atom stereocenters. The van der Waals surface area contributed by atoms with Gasteiger partial charge in [-0.15, -0.1) is 0 Å². The SMILES string of the molecule is Cc1cc(C(N)CCC(C)(C)C)cc(C)n1. The summed E-state index contributed by atoms with van der Waals surface area (Å²) >= 11 is 0. The summed E-state index contributed by atoms with van der Waals surface area (Å²) in [6, 6.07) is 4.33. The maximum absolute atomic E-state index is 6.21. The minimum Gasteiger partial charge on any atom is -0.324 e. The van der Waals surface area contributed by atoms with Gasteiger partial charge in [-0.1, -0.05) is 20.8 Å². The molecule has 2 N–H and O–H groups in total. The minimum atomic E-state index is 0.139. The number of nitrogens with two attached hydrogens (primary N) is 1. The van der Waals surface area contributed by atoms with Gasteiger partial charge in [0.2, 0.25) is 0 Å². The molecule has 0 aliphatic rings. The van der Waals surface area contributed by atoms with E-state index in [2.05, 4.69) is 37.9 Å². The molecule has 2 heteroatoms. The van der Waals surface area contributed by atoms with E-state index in [-0.39, 0.29) is 6.04 Å². The van der Waals surface area contributed by atoms with Crippen LogP contribution in [-0.2, 0) is 0 Å². The molecule has 1 aromatic rings. The van der Waals surface area contributed by atoms with Gasteiger partial charge >= 0.3 is 0 Å². The first-order chi connectivity index (χ1) is 7.28. The van der Waals surface area contributed by atoms with Crippen molar-refractivity contribution in [3.63, 3.8) is 0 Å². The topological polar surface area (TPSA) is 38.9 Å². The van der Waals surface area contributed by atoms with Crippen LogP contribution in [0.15, 0.2) is 12.1 Å². The molecule has 0 amide bonds. The van der Waals surface area contributed by atoms with Crippen LogP contribution in [0.3, 0.4) is 0 Å². The van der Waals surface area contributed by atoms with Crippen LogP contribution in [0.1, 0.15) is 56.6 Å². The van der Waals surface area contributed by atoms with Crippen molar-refractivity contribution in [2.24, 2.45) is 11.1 Å². The smallest absolute Gasteiger partial charge is 0.0379 e. The molecule has 0 aliphatic heterocycles. The summed E-state index contributed by atoms with van der Waals surface area (Å²) in [5.74, 6) is 0. The third-order valence-electron chi connectivity index (χ3n) is 2.74. The number of hydrogen-bond acceptors (Lipinski definition) is 2. The lowest BCUT2D eigenvalue weighted by Crippen LogP contribution is -2.15. The number of aryl methyl sites for hydroxylation is 2. The highest BCUT2D eigenvalue weighted by Gasteiger charge is 2.14. The molecule has 16 heavy (non-hydrogen) atoms. The largest absolute Gasteiger partial charge is 0.324 e. The van der Waals surface area contributed by atoms with Crippen molar-refractivity contribution >= 4 is 0 Å². The maximum atomic E-state index is 6.21. The quantitative estimate of drug-likeness (QED) is 0.846. The monoisotopic (exact) mass is 220 g/mol. The number of pyridine rings is 1. The predicted octanol–water partition coefficient (Wildman–Crippen LogP) is 3.52. The first-order valence-electron chi connectivity index (χ1n) is 5.99. The van der Waals surface area contributed by atoms with Gasteiger partial charge in [0.1, 0.15) is 0 Å². The summed E-state index contributed by atoms with van der Waals surface area (Å²) in [6.07, 6.45) is 2.18. The first kappa shape index (κ1) is 13.2. The van der Waals surface area contributed by atoms with Gasteiger partial charge in [0.25, 0.3) is 0 Å². The van der Waals surface area contributed by atoms with Crippen molar-refractivity contribution < 1.29 is 0 Å². The number of nitrogens with zero attached hydrogens (tertiary/aromatic N) is 1. The Morgan fingerprint density at radius 2 is 1.69 bits per heavy atom. The summed E-state index contributed by atoms with van der Waals surface area (Å²) in [5.41, 5.74) is 9.90. The highest BCUT2D eigenvalue weighted by Crippen LogP contribution is 2.26. The molecular formula is C14H24N2. The van der Waals surface area contributed by atoms with Gasteiger partial charge < -0.3 is 5.73 Å². The summed E-state index contributed by atoms with van der Waals surface area (Å²) in [4.78, 5) is 4.37. The van der Waals surface area contributed by atoms with Crippen molar-refractivity contribution in [1.82, 2.24) is 4.98 Å². The second-order valence-corrected chi connectivity index (χ2v) is 5.89. The Morgan fingerprint density at radius 3 is 2.12 bits per heavy atom. The van der Waals surface area contributed by atoms with Crippen LogP contribution in [0.5, 0.6) is 0 Å². The van der Waals surface area contributed by atoms with Crippen molar-refractivity contribution in [2.45, 2.75) is 53.5 Å². The summed E-state index contributed by atoms with van der Waals surface area (Å²) < 4.78 is 0. The third kappa shape index (κ3) is 4.31. The Hall–Kier alpha value is -0.890. The molecule has 0 spiro atoms. The van der Waals surface area contributed by atoms with E-state index in [9.17, 15) is 0 Å². The van der Waals surface area contributed by atoms with E-state index < -0.39 is 0 Å². The zero-order valence-corrected chi connectivity index (χ0v) is 11.2. The summed E-state index contributed by atoms with van der Waals surface area (Å²) in [5, 5.41) is 0. The van der Waals surface area contributed by atoms with Crippen molar-refractivity contribution in [3.05, 3.63) is 29.1 Å². The van der Waals surface area contributed by atoms with E-state index >= 15 is 0 Å². The zero-order chi connectivity index (χ0) is 12.3. The lowest BCUT2D eigenvalue weighted by molar-refractivity contribution is 0.349. The fourth-order valence-electron chi connectivity index (χ4n) is 1.84. The average molecular weight is 220 g/mol. The molecule has 1 rings (SSSR count). The molecule has 1 heterocycles.